The number of fused-ring (bicyclic) bond motifs is 3. The highest BCUT2D eigenvalue weighted by molar-refractivity contribution is 5.81. The molecule has 0 aromatic heterocycles. The van der Waals surface area contributed by atoms with Crippen LogP contribution in [0.2, 0.25) is 0 Å². The van der Waals surface area contributed by atoms with Crippen LogP contribution in [0.4, 0.5) is 0 Å². The van der Waals surface area contributed by atoms with E-state index in [9.17, 15) is 9.59 Å². The molecular formula is C26H20O4. The summed E-state index contributed by atoms with van der Waals surface area (Å²) >= 11 is 0. The number of esters is 2. The zero-order valence-electron chi connectivity index (χ0n) is 17.0. The van der Waals surface area contributed by atoms with E-state index in [1.807, 2.05) is 30.3 Å². The molecule has 1 aliphatic rings. The van der Waals surface area contributed by atoms with Gasteiger partial charge in [0.2, 0.25) is 0 Å². The van der Waals surface area contributed by atoms with Crippen molar-refractivity contribution in [2.24, 2.45) is 0 Å². The van der Waals surface area contributed by atoms with Crippen LogP contribution >= 0.6 is 0 Å². The Hall–Kier alpha value is -3.84. The van der Waals surface area contributed by atoms with E-state index in [1.54, 1.807) is 12.1 Å². The smallest absolute Gasteiger partial charge is 0.308 e. The summed E-state index contributed by atoms with van der Waals surface area (Å²) in [5.74, 6) is 6.94. The van der Waals surface area contributed by atoms with Crippen LogP contribution in [0.15, 0.2) is 54.6 Å². The number of carbonyl (C=O) groups is 2. The van der Waals surface area contributed by atoms with E-state index in [4.69, 9.17) is 9.47 Å². The van der Waals surface area contributed by atoms with Crippen LogP contribution in [0, 0.1) is 18.8 Å². The fraction of sp³-hybridized carbons (Fsp3) is 0.154. The molecule has 0 N–H and O–H groups in total. The van der Waals surface area contributed by atoms with Gasteiger partial charge < -0.3 is 9.47 Å². The second-order valence-electron chi connectivity index (χ2n) is 7.24. The van der Waals surface area contributed by atoms with Crippen LogP contribution in [0.3, 0.4) is 0 Å². The van der Waals surface area contributed by atoms with Crippen LogP contribution in [0.1, 0.15) is 41.7 Å². The lowest BCUT2D eigenvalue weighted by Gasteiger charge is -2.07. The van der Waals surface area contributed by atoms with E-state index in [0.717, 1.165) is 34.2 Å². The van der Waals surface area contributed by atoms with Gasteiger partial charge in [0.15, 0.2) is 0 Å². The van der Waals surface area contributed by atoms with Gasteiger partial charge in [-0.3, -0.25) is 9.59 Å². The summed E-state index contributed by atoms with van der Waals surface area (Å²) in [5.41, 5.74) is 7.61. The number of benzene rings is 3. The molecule has 30 heavy (non-hydrogen) atoms. The van der Waals surface area contributed by atoms with Crippen molar-refractivity contribution in [1.82, 2.24) is 0 Å². The molecule has 4 rings (SSSR count). The third kappa shape index (κ3) is 3.97. The van der Waals surface area contributed by atoms with E-state index < -0.39 is 0 Å². The second-order valence-corrected chi connectivity index (χ2v) is 7.24. The zero-order chi connectivity index (χ0) is 21.3. The lowest BCUT2D eigenvalue weighted by molar-refractivity contribution is -0.132. The van der Waals surface area contributed by atoms with E-state index >= 15 is 0 Å². The summed E-state index contributed by atoms with van der Waals surface area (Å²) in [5, 5.41) is 0. The van der Waals surface area contributed by atoms with Crippen LogP contribution in [-0.2, 0) is 16.0 Å². The lowest BCUT2D eigenvalue weighted by atomic mass is 9.97. The van der Waals surface area contributed by atoms with Crippen molar-refractivity contribution in [3.63, 3.8) is 0 Å². The summed E-state index contributed by atoms with van der Waals surface area (Å²) in [6.45, 7) is 4.83. The third-order valence-electron chi connectivity index (χ3n) is 4.96. The van der Waals surface area contributed by atoms with E-state index in [2.05, 4.69) is 30.9 Å². The van der Waals surface area contributed by atoms with Gasteiger partial charge in [-0.1, -0.05) is 30.0 Å². The molecule has 0 saturated carbocycles. The van der Waals surface area contributed by atoms with Crippen molar-refractivity contribution in [3.05, 3.63) is 82.4 Å². The molecule has 4 heteroatoms. The Labute approximate surface area is 175 Å². The maximum Gasteiger partial charge on any atom is 0.308 e. The molecule has 0 unspecified atom stereocenters. The number of aryl methyl sites for hydroxylation is 1. The van der Waals surface area contributed by atoms with Crippen molar-refractivity contribution in [1.29, 1.82) is 0 Å². The number of hydrogen-bond donors (Lipinski definition) is 0. The summed E-state index contributed by atoms with van der Waals surface area (Å²) in [6.07, 6.45) is 0.747. The highest BCUT2D eigenvalue weighted by Gasteiger charge is 2.22. The summed E-state index contributed by atoms with van der Waals surface area (Å²) in [6, 6.07) is 17.1. The van der Waals surface area contributed by atoms with Crippen molar-refractivity contribution < 1.29 is 19.1 Å². The standard InChI is InChI=1S/C26H20O4/c1-16-4-11-25-24-13-10-22(30-18(3)28)14-20(24)15-26(25)23(16)12-7-19-5-8-21(9-6-19)29-17(2)27/h4-6,8-11,13-14H,15H2,1-3H3. The molecule has 1 aliphatic carbocycles. The fourth-order valence-corrected chi connectivity index (χ4v) is 3.68. The molecule has 0 saturated heterocycles. The molecule has 0 bridgehead atoms. The molecule has 3 aromatic rings. The van der Waals surface area contributed by atoms with Crippen molar-refractivity contribution in [2.75, 3.05) is 0 Å². The predicted molar refractivity (Wildman–Crippen MR) is 114 cm³/mol. The molecular weight excluding hydrogens is 376 g/mol. The Morgan fingerprint density at radius 2 is 1.43 bits per heavy atom. The molecule has 4 nitrogen and oxygen atoms in total. The van der Waals surface area contributed by atoms with Gasteiger partial charge >= 0.3 is 11.9 Å². The molecule has 0 atom stereocenters. The fourth-order valence-electron chi connectivity index (χ4n) is 3.68. The maximum absolute atomic E-state index is 11.3. The quantitative estimate of drug-likeness (QED) is 0.277. The monoisotopic (exact) mass is 396 g/mol. The first kappa shape index (κ1) is 19.5. The normalized spacial score (nSPS) is 11.0. The molecule has 0 fully saturated rings. The van der Waals surface area contributed by atoms with Crippen molar-refractivity contribution in [3.8, 4) is 34.5 Å². The molecule has 0 spiro atoms. The van der Waals surface area contributed by atoms with Crippen molar-refractivity contribution >= 4 is 11.9 Å². The third-order valence-corrected chi connectivity index (χ3v) is 4.96. The Bertz CT molecular complexity index is 1220. The summed E-state index contributed by atoms with van der Waals surface area (Å²) in [7, 11) is 0. The first-order valence-corrected chi connectivity index (χ1v) is 9.65. The Morgan fingerprint density at radius 3 is 2.13 bits per heavy atom. The van der Waals surface area contributed by atoms with Crippen LogP contribution in [0.25, 0.3) is 11.1 Å². The zero-order valence-corrected chi connectivity index (χ0v) is 17.0. The topological polar surface area (TPSA) is 52.6 Å². The summed E-state index contributed by atoms with van der Waals surface area (Å²) in [4.78, 5) is 22.3. The average Bonchev–Trinajstić information content (AvgIpc) is 3.05. The molecule has 148 valence electrons. The minimum atomic E-state index is -0.347. The van der Waals surface area contributed by atoms with Gasteiger partial charge in [-0.25, -0.2) is 0 Å². The Kier molecular flexibility index (Phi) is 5.12. The Morgan fingerprint density at radius 1 is 0.800 bits per heavy atom. The number of hydrogen-bond acceptors (Lipinski definition) is 4. The minimum absolute atomic E-state index is 0.326. The number of rotatable bonds is 2. The van der Waals surface area contributed by atoms with Crippen LogP contribution < -0.4 is 9.47 Å². The molecule has 0 heterocycles. The number of ether oxygens (including phenoxy) is 2. The van der Waals surface area contributed by atoms with Gasteiger partial charge in [0, 0.05) is 31.4 Å². The van der Waals surface area contributed by atoms with Gasteiger partial charge in [0.05, 0.1) is 0 Å². The van der Waals surface area contributed by atoms with Crippen LogP contribution in [-0.4, -0.2) is 11.9 Å². The lowest BCUT2D eigenvalue weighted by Crippen LogP contribution is -2.01. The van der Waals surface area contributed by atoms with Gasteiger partial charge in [0.1, 0.15) is 11.5 Å². The minimum Gasteiger partial charge on any atom is -0.427 e. The first-order chi connectivity index (χ1) is 14.4. The Balaban J connectivity index is 1.66. The summed E-state index contributed by atoms with van der Waals surface area (Å²) < 4.78 is 10.3. The van der Waals surface area contributed by atoms with Gasteiger partial charge in [0.25, 0.3) is 0 Å². The van der Waals surface area contributed by atoms with Crippen molar-refractivity contribution in [2.45, 2.75) is 27.2 Å². The van der Waals surface area contributed by atoms with E-state index in [-0.39, 0.29) is 11.9 Å². The van der Waals surface area contributed by atoms with E-state index in [1.165, 1.54) is 25.0 Å². The molecule has 0 amide bonds. The van der Waals surface area contributed by atoms with Crippen LogP contribution in [0.5, 0.6) is 11.5 Å². The van der Waals surface area contributed by atoms with Gasteiger partial charge in [-0.05, 0) is 71.1 Å². The largest absolute Gasteiger partial charge is 0.427 e. The van der Waals surface area contributed by atoms with E-state index in [0.29, 0.717) is 11.5 Å². The highest BCUT2D eigenvalue weighted by Crippen LogP contribution is 2.40. The average molecular weight is 396 g/mol. The molecule has 0 radical (unpaired) electrons. The maximum atomic E-state index is 11.3. The van der Waals surface area contributed by atoms with Gasteiger partial charge in [-0.2, -0.15) is 0 Å². The second kappa shape index (κ2) is 7.88. The first-order valence-electron chi connectivity index (χ1n) is 9.65. The predicted octanol–water partition coefficient (Wildman–Crippen LogP) is 4.82. The highest BCUT2D eigenvalue weighted by atomic mass is 16.5. The van der Waals surface area contributed by atoms with Gasteiger partial charge in [-0.15, -0.1) is 0 Å². The SMILES string of the molecule is CC(=O)Oc1ccc(C#Cc2c(C)ccc3c2Cc2cc(OC(C)=O)ccc2-3)cc1. The number of carbonyl (C=O) groups excluding carboxylic acids is 2. The molecule has 3 aromatic carbocycles. The molecule has 0 aliphatic heterocycles.